The molecule has 5 aromatic rings. The number of carbonyl (C=O) groups is 7. The maximum atomic E-state index is 13.8. The van der Waals surface area contributed by atoms with Gasteiger partial charge in [0, 0.05) is 45.7 Å². The quantitative estimate of drug-likeness (QED) is 0.0117. The van der Waals surface area contributed by atoms with Crippen LogP contribution in [0.4, 0.5) is 16.6 Å². The van der Waals surface area contributed by atoms with Gasteiger partial charge in [0.15, 0.2) is 28.6 Å². The molecule has 69 heavy (non-hydrogen) atoms. The van der Waals surface area contributed by atoms with E-state index in [4.69, 9.17) is 32.4 Å². The molecular formula is C40H53N19O10. The zero-order valence-corrected chi connectivity index (χ0v) is 37.5. The number of fused-ring (bicyclic) bond motifs is 2. The molecule has 13 N–H and O–H groups in total. The van der Waals surface area contributed by atoms with Crippen molar-refractivity contribution in [3.8, 4) is 0 Å². The van der Waals surface area contributed by atoms with E-state index in [0.717, 1.165) is 10.5 Å². The molecule has 29 heteroatoms. The highest BCUT2D eigenvalue weighted by atomic mass is 16.5. The molecule has 4 aromatic heterocycles. The molecular weight excluding hydrogens is 907 g/mol. The van der Waals surface area contributed by atoms with Gasteiger partial charge in [-0.15, -0.1) is 0 Å². The first-order valence-electron chi connectivity index (χ1n) is 21.2. The Kier molecular flexibility index (Phi) is 18.6. The lowest BCUT2D eigenvalue weighted by molar-refractivity contribution is -0.145. The van der Waals surface area contributed by atoms with Gasteiger partial charge >= 0.3 is 12.1 Å². The normalized spacial score (nSPS) is 11.3. The maximum Gasteiger partial charge on any atom is 0.407 e. The fourth-order valence-electron chi connectivity index (χ4n) is 6.51. The molecule has 1 aromatic carbocycles. The first kappa shape index (κ1) is 51.1. The average molecular weight is 960 g/mol. The predicted octanol–water partition coefficient (Wildman–Crippen LogP) is -3.96. The van der Waals surface area contributed by atoms with Gasteiger partial charge in [-0.2, -0.15) is 4.98 Å². The molecule has 5 rings (SSSR count). The Balaban J connectivity index is 1.21. The van der Waals surface area contributed by atoms with Gasteiger partial charge in [0.05, 0.1) is 32.9 Å². The number of amides is 6. The molecule has 29 nitrogen and oxygen atoms in total. The highest BCUT2D eigenvalue weighted by Gasteiger charge is 2.24. The van der Waals surface area contributed by atoms with Crippen molar-refractivity contribution in [2.75, 3.05) is 70.9 Å². The van der Waals surface area contributed by atoms with E-state index in [1.165, 1.54) is 40.1 Å². The van der Waals surface area contributed by atoms with E-state index in [0.29, 0.717) is 6.42 Å². The maximum absolute atomic E-state index is 13.8. The number of alkyl carbamates (subject to hydrolysis) is 1. The largest absolute Gasteiger partial charge is 0.467 e. The van der Waals surface area contributed by atoms with Crippen LogP contribution in [0.15, 0.2) is 59.1 Å². The van der Waals surface area contributed by atoms with Gasteiger partial charge in [-0.05, 0) is 18.4 Å². The average Bonchev–Trinajstić information content (AvgIpc) is 3.92. The van der Waals surface area contributed by atoms with E-state index >= 15 is 0 Å². The number of anilines is 2. The number of carbonyl (C=O) groups excluding carboxylic acids is 7. The zero-order chi connectivity index (χ0) is 49.9. The van der Waals surface area contributed by atoms with Crippen molar-refractivity contribution >= 4 is 81.7 Å². The lowest BCUT2D eigenvalue weighted by Gasteiger charge is -2.24. The van der Waals surface area contributed by atoms with E-state index in [1.54, 1.807) is 24.3 Å². The highest BCUT2D eigenvalue weighted by molar-refractivity contribution is 5.88. The topological polar surface area (TPSA) is 416 Å². The summed E-state index contributed by atoms with van der Waals surface area (Å²) in [5, 5.41) is 10.3. The number of rotatable bonds is 25. The van der Waals surface area contributed by atoms with Crippen molar-refractivity contribution in [2.45, 2.75) is 45.0 Å². The molecule has 0 unspecified atom stereocenters. The minimum absolute atomic E-state index is 0.00174. The standard InChI is InChI=1S/C40H53N19O10/c1-68-37(66)25(8-5-10-47-38(42)43)53-26(60)9-11-45-27(61)16-56(30(64)19-59-23-52-32-35(59)54-39(44)55-36(32)65)14-12-46-28(62)17-57(15-13-48-40(67)69-20-24-6-3-2-4-7-24)29(63)18-58-22-51-31-33(41)49-21-50-34(31)58/h2-4,6-7,21-23,25H,5,8-20H2,1H3,(H,45,61)(H,46,62)(H,48,67)(H,53,60)(H2,41,49,50)(H4,42,43,47)(H3,44,54,55,65)/t25-/m0/s1. The summed E-state index contributed by atoms with van der Waals surface area (Å²) in [5.74, 6) is -4.11. The Morgan fingerprint density at radius 2 is 1.42 bits per heavy atom. The Morgan fingerprint density at radius 3 is 2.07 bits per heavy atom. The second kappa shape index (κ2) is 25.1. The van der Waals surface area contributed by atoms with E-state index in [-0.39, 0.29) is 105 Å². The number of imidazole rings is 2. The zero-order valence-electron chi connectivity index (χ0n) is 37.5. The summed E-state index contributed by atoms with van der Waals surface area (Å²) in [6.45, 7) is -2.52. The molecule has 0 aliphatic rings. The summed E-state index contributed by atoms with van der Waals surface area (Å²) in [5.41, 5.74) is 22.9. The van der Waals surface area contributed by atoms with Crippen LogP contribution in [-0.2, 0) is 57.9 Å². The van der Waals surface area contributed by atoms with Gasteiger partial charge in [-0.3, -0.25) is 38.7 Å². The van der Waals surface area contributed by atoms with Crippen molar-refractivity contribution in [3.05, 3.63) is 65.2 Å². The third-order valence-electron chi connectivity index (χ3n) is 9.92. The lowest BCUT2D eigenvalue weighted by atomic mass is 10.1. The molecule has 0 saturated heterocycles. The van der Waals surface area contributed by atoms with Gasteiger partial charge < -0.3 is 72.6 Å². The van der Waals surface area contributed by atoms with Gasteiger partial charge in [-0.25, -0.2) is 29.5 Å². The molecule has 0 fully saturated rings. The number of ether oxygens (including phenoxy) is 2. The van der Waals surface area contributed by atoms with Gasteiger partial charge in [-0.1, -0.05) is 30.3 Å². The Labute approximate surface area is 391 Å². The van der Waals surface area contributed by atoms with Crippen LogP contribution in [0.3, 0.4) is 0 Å². The number of esters is 1. The molecule has 6 amide bonds. The molecule has 0 aliphatic carbocycles. The molecule has 1 atom stereocenters. The van der Waals surface area contributed by atoms with Gasteiger partial charge in [0.25, 0.3) is 5.56 Å². The van der Waals surface area contributed by atoms with Gasteiger partial charge in [0.2, 0.25) is 35.5 Å². The fraction of sp³-hybridized carbons (Fsp3) is 0.400. The fourth-order valence-corrected chi connectivity index (χ4v) is 6.51. The summed E-state index contributed by atoms with van der Waals surface area (Å²) < 4.78 is 12.7. The number of hydrogen-bond donors (Lipinski definition) is 9. The number of nitrogen functional groups attached to an aromatic ring is 2. The highest BCUT2D eigenvalue weighted by Crippen LogP contribution is 2.14. The van der Waals surface area contributed by atoms with Crippen molar-refractivity contribution in [1.82, 2.24) is 70.1 Å². The number of aromatic nitrogens is 8. The van der Waals surface area contributed by atoms with Crippen LogP contribution in [0.25, 0.3) is 22.3 Å². The van der Waals surface area contributed by atoms with Crippen LogP contribution in [0, 0.1) is 0 Å². The third kappa shape index (κ3) is 15.6. The van der Waals surface area contributed by atoms with Crippen molar-refractivity contribution in [3.63, 3.8) is 0 Å². The molecule has 0 aliphatic heterocycles. The van der Waals surface area contributed by atoms with E-state index in [1.807, 2.05) is 6.07 Å². The third-order valence-corrected chi connectivity index (χ3v) is 9.92. The summed E-state index contributed by atoms with van der Waals surface area (Å²) in [6.07, 6.45) is 3.27. The number of guanidine groups is 1. The molecule has 0 saturated carbocycles. The second-order valence-corrected chi connectivity index (χ2v) is 15.0. The number of benzene rings is 1. The SMILES string of the molecule is COC(=O)[C@H](CCCN=C(N)N)NC(=O)CCNC(=O)CN(CCNC(=O)CN(CCNC(=O)OCc1ccccc1)C(=O)Cn1cnc2c(N)ncnc21)C(=O)Cn1cnc2c(=O)[nH]c(N)nc21. The van der Waals surface area contributed by atoms with Crippen LogP contribution in [-0.4, -0.2) is 162 Å². The number of nitrogens with two attached hydrogens (primary N) is 4. The van der Waals surface area contributed by atoms with Crippen LogP contribution in [0.5, 0.6) is 0 Å². The number of H-pyrrole nitrogens is 1. The van der Waals surface area contributed by atoms with Gasteiger partial charge in [0.1, 0.15) is 37.6 Å². The predicted molar refractivity (Wildman–Crippen MR) is 245 cm³/mol. The summed E-state index contributed by atoms with van der Waals surface area (Å²) in [4.78, 5) is 133. The smallest absolute Gasteiger partial charge is 0.407 e. The van der Waals surface area contributed by atoms with Crippen LogP contribution < -0.4 is 49.8 Å². The summed E-state index contributed by atoms with van der Waals surface area (Å²) >= 11 is 0. The second-order valence-electron chi connectivity index (χ2n) is 15.0. The van der Waals surface area contributed by atoms with Crippen LogP contribution >= 0.6 is 0 Å². The van der Waals surface area contributed by atoms with Crippen molar-refractivity contribution in [2.24, 2.45) is 16.5 Å². The van der Waals surface area contributed by atoms with E-state index < -0.39 is 72.8 Å². The molecule has 0 radical (unpaired) electrons. The van der Waals surface area contributed by atoms with E-state index in [9.17, 15) is 38.4 Å². The molecule has 368 valence electrons. The summed E-state index contributed by atoms with van der Waals surface area (Å²) in [6, 6.07) is 7.98. The molecule has 0 bridgehead atoms. The number of aliphatic imine (C=N–C) groups is 1. The summed E-state index contributed by atoms with van der Waals surface area (Å²) in [7, 11) is 1.17. The molecule has 0 spiro atoms. The Hall–Kier alpha value is -8.92. The first-order valence-corrected chi connectivity index (χ1v) is 21.2. The number of aromatic amines is 1. The molecule has 4 heterocycles. The number of nitrogens with zero attached hydrogens (tertiary/aromatic N) is 10. The van der Waals surface area contributed by atoms with Crippen LogP contribution in [0.2, 0.25) is 0 Å². The van der Waals surface area contributed by atoms with Crippen molar-refractivity contribution < 1.29 is 43.0 Å². The minimum Gasteiger partial charge on any atom is -0.467 e. The minimum atomic E-state index is -1.00. The number of nitrogens with one attached hydrogen (secondary N) is 5. The van der Waals surface area contributed by atoms with E-state index in [2.05, 4.69) is 56.2 Å². The number of methoxy groups -OCH3 is 1. The monoisotopic (exact) mass is 959 g/mol. The lowest BCUT2D eigenvalue weighted by Crippen LogP contribution is -2.48. The van der Waals surface area contributed by atoms with Crippen molar-refractivity contribution in [1.29, 1.82) is 0 Å². The first-order chi connectivity index (χ1) is 33.1. The number of hydrogen-bond acceptors (Lipinski definition) is 18. The van der Waals surface area contributed by atoms with Crippen LogP contribution in [0.1, 0.15) is 24.8 Å². The Morgan fingerprint density at radius 1 is 0.797 bits per heavy atom. The Bertz CT molecular complexity index is 2700.